The number of hydrogen-bond donors (Lipinski definition) is 1. The fourth-order valence-corrected chi connectivity index (χ4v) is 6.38. The van der Waals surface area contributed by atoms with E-state index in [0.717, 1.165) is 37.8 Å². The van der Waals surface area contributed by atoms with Gasteiger partial charge in [-0.05, 0) is 41.8 Å². The molecule has 0 saturated carbocycles. The minimum atomic E-state index is -4.56. The van der Waals surface area contributed by atoms with Gasteiger partial charge in [0.1, 0.15) is 17.1 Å². The van der Waals surface area contributed by atoms with Gasteiger partial charge >= 0.3 is 11.9 Å². The molecular weight excluding hydrogens is 550 g/mol. The van der Waals surface area contributed by atoms with Gasteiger partial charge in [-0.3, -0.25) is 14.0 Å². The largest absolute Gasteiger partial charge is 0.494 e. The number of fused-ring (bicyclic) bond motifs is 1. The number of hydrogen-bond acceptors (Lipinski definition) is 5. The molecule has 6 rings (SSSR count). The van der Waals surface area contributed by atoms with Crippen LogP contribution in [0.15, 0.2) is 65.5 Å². The molecule has 2 fully saturated rings. The molecule has 1 aromatic heterocycles. The molecule has 0 unspecified atom stereocenters. The van der Waals surface area contributed by atoms with Crippen molar-refractivity contribution in [1.82, 2.24) is 19.4 Å². The zero-order valence-corrected chi connectivity index (χ0v) is 23.3. The summed E-state index contributed by atoms with van der Waals surface area (Å²) in [6.07, 6.45) is -3.98. The molecule has 0 spiro atoms. The van der Waals surface area contributed by atoms with E-state index >= 15 is 4.39 Å². The van der Waals surface area contributed by atoms with E-state index in [9.17, 15) is 18.0 Å². The second kappa shape index (κ2) is 11.4. The fraction of sp³-hybridized carbons (Fsp3) is 0.387. The summed E-state index contributed by atoms with van der Waals surface area (Å²) in [6.45, 7) is 4.84. The number of ether oxygens (including phenoxy) is 1. The number of halogens is 4. The number of methoxy groups -OCH3 is 1. The first-order valence-corrected chi connectivity index (χ1v) is 14.1. The van der Waals surface area contributed by atoms with Gasteiger partial charge in [-0.1, -0.05) is 36.4 Å². The topological polar surface area (TPSA) is 54.7 Å². The number of para-hydroxylation sites is 2. The van der Waals surface area contributed by atoms with Crippen molar-refractivity contribution in [1.29, 1.82) is 0 Å². The second-order valence-corrected chi connectivity index (χ2v) is 10.9. The van der Waals surface area contributed by atoms with Gasteiger partial charge < -0.3 is 15.0 Å². The Labute approximate surface area is 240 Å². The molecule has 0 aliphatic carbocycles. The molecule has 0 radical (unpaired) electrons. The molecule has 0 amide bonds. The summed E-state index contributed by atoms with van der Waals surface area (Å²) >= 11 is 0. The Hall–Kier alpha value is -3.83. The number of nitrogens with one attached hydrogen (secondary N) is 1. The molecule has 42 heavy (non-hydrogen) atoms. The SMILES string of the molecule is COc1cccc2c1n(Cc1ccccc1C(F)(F)F)c(=O)n2[C@@H]1CCN(c2c(F)cccc2CN2CCNCC2)C1. The van der Waals surface area contributed by atoms with Crippen LogP contribution in [-0.4, -0.2) is 60.4 Å². The van der Waals surface area contributed by atoms with Crippen LogP contribution in [0, 0.1) is 5.82 Å². The molecule has 2 saturated heterocycles. The Bertz CT molecular complexity index is 1640. The third kappa shape index (κ3) is 5.27. The van der Waals surface area contributed by atoms with Crippen LogP contribution in [0.2, 0.25) is 0 Å². The summed E-state index contributed by atoms with van der Waals surface area (Å²) in [5.41, 5.74) is 1.25. The van der Waals surface area contributed by atoms with E-state index in [-0.39, 0.29) is 24.0 Å². The lowest BCUT2D eigenvalue weighted by molar-refractivity contribution is -0.138. The summed E-state index contributed by atoms with van der Waals surface area (Å²) in [6, 6.07) is 15.4. The Morgan fingerprint density at radius 2 is 1.67 bits per heavy atom. The van der Waals surface area contributed by atoms with Crippen LogP contribution in [0.5, 0.6) is 5.75 Å². The molecule has 0 bridgehead atoms. The molecule has 11 heteroatoms. The minimum absolute atomic E-state index is 0.00554. The van der Waals surface area contributed by atoms with E-state index in [1.54, 1.807) is 28.8 Å². The molecule has 2 aliphatic rings. The van der Waals surface area contributed by atoms with Crippen LogP contribution in [0.25, 0.3) is 11.0 Å². The van der Waals surface area contributed by atoms with Gasteiger partial charge in [0.05, 0.1) is 36.5 Å². The molecule has 222 valence electrons. The molecular formula is C31H33F4N5O2. The Balaban J connectivity index is 1.37. The smallest absolute Gasteiger partial charge is 0.416 e. The molecule has 1 atom stereocenters. The summed E-state index contributed by atoms with van der Waals surface area (Å²) in [4.78, 5) is 18.3. The number of aromatic nitrogens is 2. The van der Waals surface area contributed by atoms with Crippen molar-refractivity contribution >= 4 is 16.7 Å². The third-order valence-electron chi connectivity index (χ3n) is 8.33. The normalized spacial score (nSPS) is 18.2. The first-order valence-electron chi connectivity index (χ1n) is 14.1. The van der Waals surface area contributed by atoms with Crippen LogP contribution in [0.1, 0.15) is 29.2 Å². The second-order valence-electron chi connectivity index (χ2n) is 10.9. The molecule has 3 heterocycles. The van der Waals surface area contributed by atoms with Gasteiger partial charge in [0.25, 0.3) is 0 Å². The highest BCUT2D eigenvalue weighted by Crippen LogP contribution is 2.36. The average Bonchev–Trinajstić information content (AvgIpc) is 3.55. The summed E-state index contributed by atoms with van der Waals surface area (Å²) in [5.74, 6) is 0.0959. The van der Waals surface area contributed by atoms with Crippen LogP contribution in [0.3, 0.4) is 0 Å². The van der Waals surface area contributed by atoms with Crippen molar-refractivity contribution in [3.05, 3.63) is 93.7 Å². The first kappa shape index (κ1) is 28.3. The number of piperazine rings is 1. The van der Waals surface area contributed by atoms with E-state index < -0.39 is 17.4 Å². The number of anilines is 1. The van der Waals surface area contributed by atoms with Crippen molar-refractivity contribution in [2.24, 2.45) is 0 Å². The maximum atomic E-state index is 15.3. The fourth-order valence-electron chi connectivity index (χ4n) is 6.38. The number of imidazole rings is 1. The minimum Gasteiger partial charge on any atom is -0.494 e. The van der Waals surface area contributed by atoms with Crippen LogP contribution in [0.4, 0.5) is 23.2 Å². The lowest BCUT2D eigenvalue weighted by Gasteiger charge is -2.30. The molecule has 1 N–H and O–H groups in total. The van der Waals surface area contributed by atoms with Gasteiger partial charge in [-0.2, -0.15) is 13.2 Å². The number of benzene rings is 3. The van der Waals surface area contributed by atoms with Crippen LogP contribution >= 0.6 is 0 Å². The van der Waals surface area contributed by atoms with Crippen LogP contribution in [-0.2, 0) is 19.3 Å². The number of alkyl halides is 3. The molecule has 2 aliphatic heterocycles. The van der Waals surface area contributed by atoms with E-state index in [0.29, 0.717) is 48.5 Å². The highest BCUT2D eigenvalue weighted by Gasteiger charge is 2.35. The molecule has 4 aromatic rings. The lowest BCUT2D eigenvalue weighted by atomic mass is 10.1. The first-order chi connectivity index (χ1) is 20.3. The van der Waals surface area contributed by atoms with E-state index in [1.165, 1.54) is 35.9 Å². The standard InChI is InChI=1S/C31H33F4N5O2/c1-42-27-11-5-10-26-29(27)39(19-21-6-2-3-8-24(21)31(33,34)35)30(41)40(26)23-12-15-38(20-23)28-22(7-4-9-25(28)32)18-37-16-13-36-14-17-37/h2-11,23,36H,12-20H2,1H3/t23-/m1/s1. The predicted molar refractivity (Wildman–Crippen MR) is 154 cm³/mol. The van der Waals surface area contributed by atoms with Gasteiger partial charge in [0.15, 0.2) is 0 Å². The van der Waals surface area contributed by atoms with Crippen molar-refractivity contribution in [2.75, 3.05) is 51.3 Å². The van der Waals surface area contributed by atoms with Crippen molar-refractivity contribution in [3.8, 4) is 5.75 Å². The zero-order valence-electron chi connectivity index (χ0n) is 23.3. The predicted octanol–water partition coefficient (Wildman–Crippen LogP) is 4.87. The molecule has 3 aromatic carbocycles. The van der Waals surface area contributed by atoms with E-state index in [2.05, 4.69) is 10.2 Å². The number of nitrogens with zero attached hydrogens (tertiary/aromatic N) is 4. The number of rotatable bonds is 7. The van der Waals surface area contributed by atoms with Gasteiger partial charge in [-0.15, -0.1) is 0 Å². The highest BCUT2D eigenvalue weighted by molar-refractivity contribution is 5.83. The Morgan fingerprint density at radius 3 is 2.43 bits per heavy atom. The van der Waals surface area contributed by atoms with Gasteiger partial charge in [0.2, 0.25) is 0 Å². The monoisotopic (exact) mass is 583 g/mol. The van der Waals surface area contributed by atoms with Crippen molar-refractivity contribution in [3.63, 3.8) is 0 Å². The Kier molecular flexibility index (Phi) is 7.71. The summed E-state index contributed by atoms with van der Waals surface area (Å²) < 4.78 is 65.4. The van der Waals surface area contributed by atoms with E-state index in [1.807, 2.05) is 11.0 Å². The highest BCUT2D eigenvalue weighted by atomic mass is 19.4. The zero-order chi connectivity index (χ0) is 29.4. The summed E-state index contributed by atoms with van der Waals surface area (Å²) in [5, 5.41) is 3.34. The Morgan fingerprint density at radius 1 is 0.929 bits per heavy atom. The quantitative estimate of drug-likeness (QED) is 0.315. The summed E-state index contributed by atoms with van der Waals surface area (Å²) in [7, 11) is 1.47. The van der Waals surface area contributed by atoms with E-state index in [4.69, 9.17) is 4.74 Å². The third-order valence-corrected chi connectivity index (χ3v) is 8.33. The maximum absolute atomic E-state index is 15.3. The average molecular weight is 584 g/mol. The lowest BCUT2D eigenvalue weighted by Crippen LogP contribution is -2.43. The van der Waals surface area contributed by atoms with Crippen molar-refractivity contribution in [2.45, 2.75) is 31.7 Å². The maximum Gasteiger partial charge on any atom is 0.416 e. The van der Waals surface area contributed by atoms with Gasteiger partial charge in [0, 0.05) is 45.8 Å². The van der Waals surface area contributed by atoms with Gasteiger partial charge in [-0.25, -0.2) is 9.18 Å². The molecule has 7 nitrogen and oxygen atoms in total. The van der Waals surface area contributed by atoms with Crippen molar-refractivity contribution < 1.29 is 22.3 Å². The van der Waals surface area contributed by atoms with Crippen LogP contribution < -0.4 is 20.6 Å².